The van der Waals surface area contributed by atoms with Gasteiger partial charge in [0.25, 0.3) is 0 Å². The summed E-state index contributed by atoms with van der Waals surface area (Å²) in [5.41, 5.74) is 0.782. The third-order valence-corrected chi connectivity index (χ3v) is 10.6. The molecule has 0 unspecified atom stereocenters. The van der Waals surface area contributed by atoms with Crippen LogP contribution in [0.3, 0.4) is 0 Å². The average Bonchev–Trinajstić information content (AvgIpc) is 2.81. The van der Waals surface area contributed by atoms with Gasteiger partial charge in [-0.05, 0) is 53.3 Å². The third kappa shape index (κ3) is 0.519. The normalized spacial score (nSPS) is 85.5. The molecule has 0 aliphatic heterocycles. The van der Waals surface area contributed by atoms with Gasteiger partial charge in [-0.15, -0.1) is 0 Å². The average molecular weight is 412 g/mol. The molecule has 76 valence electrons. The highest BCUT2D eigenvalue weighted by molar-refractivity contribution is 14.1. The minimum atomic E-state index is 0.782. The third-order valence-electron chi connectivity index (χ3n) is 6.84. The second-order valence-electron chi connectivity index (χ2n) is 6.56. The monoisotopic (exact) mass is 412 g/mol. The van der Waals surface area contributed by atoms with Crippen LogP contribution in [0, 0.1) is 46.8 Å². The fraction of sp³-hybridized carbons (Fsp3) is 1.00. The lowest BCUT2D eigenvalue weighted by atomic mass is 9.64. The molecule has 6 bridgehead atoms. The summed E-state index contributed by atoms with van der Waals surface area (Å²) in [7, 11) is 0. The van der Waals surface area contributed by atoms with E-state index in [1.807, 2.05) is 0 Å². The quantitative estimate of drug-likeness (QED) is 0.423. The van der Waals surface area contributed by atoms with Gasteiger partial charge in [0, 0.05) is 7.85 Å². The fourth-order valence-electron chi connectivity index (χ4n) is 6.99. The van der Waals surface area contributed by atoms with E-state index in [2.05, 4.69) is 52.1 Å². The molecule has 6 aliphatic rings. The second kappa shape index (κ2) is 2.08. The predicted molar refractivity (Wildman–Crippen MR) is 72.8 cm³/mol. The van der Waals surface area contributed by atoms with Gasteiger partial charge in [0.1, 0.15) is 0 Å². The van der Waals surface area contributed by atoms with Gasteiger partial charge in [-0.1, -0.05) is 52.1 Å². The Morgan fingerprint density at radius 3 is 2.50 bits per heavy atom. The van der Waals surface area contributed by atoms with Crippen LogP contribution in [-0.2, 0) is 0 Å². The molecule has 0 spiro atoms. The molecule has 2 heteroatoms. The Balaban J connectivity index is 1.88. The van der Waals surface area contributed by atoms with Crippen LogP contribution in [0.15, 0.2) is 0 Å². The molecule has 6 fully saturated rings. The molecule has 0 aromatic heterocycles. The van der Waals surface area contributed by atoms with Crippen molar-refractivity contribution in [2.24, 2.45) is 46.8 Å². The minimum absolute atomic E-state index is 0.782. The van der Waals surface area contributed by atoms with E-state index >= 15 is 0 Å². The summed E-state index contributed by atoms with van der Waals surface area (Å²) >= 11 is 5.64. The fourth-order valence-corrected chi connectivity index (χ4v) is 11.1. The summed E-state index contributed by atoms with van der Waals surface area (Å²) in [6, 6.07) is 0. The lowest BCUT2D eigenvalue weighted by molar-refractivity contribution is 0.0703. The zero-order valence-electron chi connectivity index (χ0n) is 8.16. The summed E-state index contributed by atoms with van der Waals surface area (Å²) in [5.74, 6) is 8.18. The first-order valence-electron chi connectivity index (χ1n) is 5.95. The van der Waals surface area contributed by atoms with E-state index in [9.17, 15) is 0 Å². The van der Waals surface area contributed by atoms with Crippen LogP contribution in [0.1, 0.15) is 13.3 Å². The first kappa shape index (κ1) is 8.54. The van der Waals surface area contributed by atoms with Gasteiger partial charge in [-0.2, -0.15) is 0 Å². The second-order valence-corrected chi connectivity index (χ2v) is 9.34. The number of alkyl halides is 2. The number of halogens is 2. The molecule has 0 aromatic rings. The van der Waals surface area contributed by atoms with Crippen molar-refractivity contribution in [3.8, 4) is 0 Å². The molecule has 14 heavy (non-hydrogen) atoms. The maximum absolute atomic E-state index is 2.82. The zero-order valence-corrected chi connectivity index (χ0v) is 12.5. The Hall–Kier alpha value is 1.46. The van der Waals surface area contributed by atoms with Crippen LogP contribution in [-0.4, -0.2) is 7.85 Å². The van der Waals surface area contributed by atoms with Gasteiger partial charge in [0.15, 0.2) is 0 Å². The Kier molecular flexibility index (Phi) is 1.27. The van der Waals surface area contributed by atoms with E-state index in [4.69, 9.17) is 0 Å². The first-order valence-corrected chi connectivity index (χ1v) is 8.44. The standard InChI is InChI=1S/C12H14I2/c1-12-8-4-2-3-5(6(4)11(12)14)9(12)10(13)7(3)8/h3-11H,2H2,1H3/t3-,4+,5-,6-,7+,8-,9-,10-,11+,12-/m0/s1. The topological polar surface area (TPSA) is 0 Å². The Morgan fingerprint density at radius 2 is 1.79 bits per heavy atom. The molecular weight excluding hydrogens is 398 g/mol. The van der Waals surface area contributed by atoms with Crippen molar-refractivity contribution in [3.63, 3.8) is 0 Å². The Morgan fingerprint density at radius 1 is 1.00 bits per heavy atom. The largest absolute Gasteiger partial charge is 0.0820 e. The zero-order chi connectivity index (χ0) is 9.40. The highest BCUT2D eigenvalue weighted by Gasteiger charge is 2.86. The van der Waals surface area contributed by atoms with Crippen molar-refractivity contribution in [1.29, 1.82) is 0 Å². The summed E-state index contributed by atoms with van der Waals surface area (Å²) in [6.45, 7) is 2.65. The Bertz CT molecular complexity index is 348. The van der Waals surface area contributed by atoms with Gasteiger partial charge < -0.3 is 0 Å². The van der Waals surface area contributed by atoms with Crippen LogP contribution >= 0.6 is 45.2 Å². The van der Waals surface area contributed by atoms with Gasteiger partial charge in [0.05, 0.1) is 0 Å². The maximum Gasteiger partial charge on any atom is 0.0203 e. The summed E-state index contributed by atoms with van der Waals surface area (Å²) in [4.78, 5) is 0. The molecular formula is C12H14I2. The molecule has 6 saturated carbocycles. The minimum Gasteiger partial charge on any atom is -0.0820 e. The SMILES string of the molecule is C[C@]12[C@@H]3[C@@H](I)[C@@H]4[C@H]5C[C@H]([C@@H]([C@H]53)[C@H]1I)[C@@H]42. The van der Waals surface area contributed by atoms with E-state index in [0.29, 0.717) is 0 Å². The number of rotatable bonds is 0. The van der Waals surface area contributed by atoms with Crippen LogP contribution in [0.25, 0.3) is 0 Å². The summed E-state index contributed by atoms with van der Waals surface area (Å²) in [6.07, 6.45) is 1.63. The van der Waals surface area contributed by atoms with Crippen LogP contribution in [0.2, 0.25) is 0 Å². The molecule has 0 aromatic carbocycles. The highest BCUT2D eigenvalue weighted by atomic mass is 127. The smallest absolute Gasteiger partial charge is 0.0203 e. The highest BCUT2D eigenvalue weighted by Crippen LogP contribution is 2.89. The van der Waals surface area contributed by atoms with E-state index in [1.54, 1.807) is 6.42 Å². The lowest BCUT2D eigenvalue weighted by Crippen LogP contribution is -2.37. The molecule has 10 atom stereocenters. The number of hydrogen-bond donors (Lipinski definition) is 0. The molecule has 0 heterocycles. The van der Waals surface area contributed by atoms with Gasteiger partial charge in [0.2, 0.25) is 0 Å². The molecule has 0 nitrogen and oxygen atoms in total. The predicted octanol–water partition coefficient (Wildman–Crippen LogP) is 3.37. The van der Waals surface area contributed by atoms with Crippen molar-refractivity contribution >= 4 is 45.2 Å². The van der Waals surface area contributed by atoms with Crippen molar-refractivity contribution in [1.82, 2.24) is 0 Å². The van der Waals surface area contributed by atoms with E-state index < -0.39 is 0 Å². The van der Waals surface area contributed by atoms with Crippen LogP contribution < -0.4 is 0 Å². The first-order chi connectivity index (χ1) is 6.67. The molecule has 0 saturated heterocycles. The van der Waals surface area contributed by atoms with E-state index in [0.717, 1.165) is 36.9 Å². The van der Waals surface area contributed by atoms with Crippen molar-refractivity contribution in [2.75, 3.05) is 0 Å². The van der Waals surface area contributed by atoms with E-state index in [1.165, 1.54) is 17.8 Å². The van der Waals surface area contributed by atoms with Gasteiger partial charge in [-0.3, -0.25) is 0 Å². The van der Waals surface area contributed by atoms with Crippen LogP contribution in [0.5, 0.6) is 0 Å². The summed E-state index contributed by atoms with van der Waals surface area (Å²) < 4.78 is 2.10. The molecule has 6 rings (SSSR count). The van der Waals surface area contributed by atoms with Gasteiger partial charge in [-0.25, -0.2) is 0 Å². The van der Waals surface area contributed by atoms with Crippen molar-refractivity contribution < 1.29 is 0 Å². The Labute approximate surface area is 112 Å². The van der Waals surface area contributed by atoms with E-state index in [-0.39, 0.29) is 0 Å². The lowest BCUT2D eigenvalue weighted by Gasteiger charge is -2.40. The molecule has 6 aliphatic carbocycles. The molecule has 0 radical (unpaired) electrons. The summed E-state index contributed by atoms with van der Waals surface area (Å²) in [5, 5.41) is 0. The van der Waals surface area contributed by atoms with Crippen molar-refractivity contribution in [2.45, 2.75) is 21.2 Å². The van der Waals surface area contributed by atoms with Crippen molar-refractivity contribution in [3.05, 3.63) is 0 Å². The maximum atomic E-state index is 2.82. The number of hydrogen-bond acceptors (Lipinski definition) is 0. The van der Waals surface area contributed by atoms with Gasteiger partial charge >= 0.3 is 0 Å². The molecule has 0 amide bonds. The van der Waals surface area contributed by atoms with Crippen LogP contribution in [0.4, 0.5) is 0 Å². The molecule has 0 N–H and O–H groups in total.